The molecule has 4 rings (SSSR count). The van der Waals surface area contributed by atoms with Crippen molar-refractivity contribution in [3.63, 3.8) is 0 Å². The lowest BCUT2D eigenvalue weighted by atomic mass is 10.1. The summed E-state index contributed by atoms with van der Waals surface area (Å²) in [6.45, 7) is 1.86. The van der Waals surface area contributed by atoms with Gasteiger partial charge in [0.15, 0.2) is 0 Å². The summed E-state index contributed by atoms with van der Waals surface area (Å²) >= 11 is 0. The monoisotopic (exact) mass is 348 g/mol. The lowest BCUT2D eigenvalue weighted by molar-refractivity contribution is 0.0899. The maximum absolute atomic E-state index is 12.6. The highest BCUT2D eigenvalue weighted by molar-refractivity contribution is 6.09. The van der Waals surface area contributed by atoms with Crippen molar-refractivity contribution in [1.82, 2.24) is 10.3 Å². The minimum atomic E-state index is -0.744. The van der Waals surface area contributed by atoms with Crippen molar-refractivity contribution in [2.24, 2.45) is 0 Å². The maximum atomic E-state index is 12.6. The standard InChI is InChI=1S/C21H20N2O3/c1-13(11-19(24)20-7-4-10-26-20)22-21(25)18-12-16-15-6-3-2-5-14(15)8-9-17(16)23-18/h2-10,12-13,19,23-24H,11H2,1H3,(H,22,25). The van der Waals surface area contributed by atoms with Crippen molar-refractivity contribution >= 4 is 27.6 Å². The Labute approximate surface area is 150 Å². The average Bonchev–Trinajstić information content (AvgIpc) is 3.31. The lowest BCUT2D eigenvalue weighted by Gasteiger charge is -2.16. The molecule has 5 heteroatoms. The highest BCUT2D eigenvalue weighted by Gasteiger charge is 2.18. The van der Waals surface area contributed by atoms with Crippen LogP contribution in [0.15, 0.2) is 65.3 Å². The first-order valence-corrected chi connectivity index (χ1v) is 8.64. The quantitative estimate of drug-likeness (QED) is 0.507. The molecule has 132 valence electrons. The summed E-state index contributed by atoms with van der Waals surface area (Å²) in [5, 5.41) is 16.3. The molecule has 26 heavy (non-hydrogen) atoms. The fraction of sp³-hybridized carbons (Fsp3) is 0.190. The molecule has 2 aromatic heterocycles. The van der Waals surface area contributed by atoms with Crippen LogP contribution >= 0.6 is 0 Å². The number of carbonyl (C=O) groups is 1. The number of furan rings is 1. The van der Waals surface area contributed by atoms with Crippen LogP contribution in [-0.2, 0) is 0 Å². The van der Waals surface area contributed by atoms with Crippen LogP contribution in [0.3, 0.4) is 0 Å². The van der Waals surface area contributed by atoms with Crippen LogP contribution in [0.1, 0.15) is 35.7 Å². The van der Waals surface area contributed by atoms with Crippen LogP contribution in [0.25, 0.3) is 21.7 Å². The number of aromatic nitrogens is 1. The zero-order chi connectivity index (χ0) is 18.1. The molecule has 0 saturated heterocycles. The zero-order valence-electron chi connectivity index (χ0n) is 14.4. The Balaban J connectivity index is 1.52. The molecular formula is C21H20N2O3. The molecule has 2 heterocycles. The summed E-state index contributed by atoms with van der Waals surface area (Å²) < 4.78 is 5.20. The van der Waals surface area contributed by atoms with Gasteiger partial charge in [-0.2, -0.15) is 0 Å². The van der Waals surface area contributed by atoms with Gasteiger partial charge in [-0.1, -0.05) is 30.3 Å². The minimum Gasteiger partial charge on any atom is -0.467 e. The van der Waals surface area contributed by atoms with Crippen LogP contribution in [0.4, 0.5) is 0 Å². The molecule has 2 aromatic carbocycles. The number of H-pyrrole nitrogens is 1. The molecule has 2 unspecified atom stereocenters. The van der Waals surface area contributed by atoms with Crippen molar-refractivity contribution in [3.8, 4) is 0 Å². The van der Waals surface area contributed by atoms with Crippen LogP contribution in [-0.4, -0.2) is 22.0 Å². The third-order valence-corrected chi connectivity index (χ3v) is 4.60. The molecule has 4 aromatic rings. The fourth-order valence-electron chi connectivity index (χ4n) is 3.30. The predicted octanol–water partition coefficient (Wildman–Crippen LogP) is 4.16. The summed E-state index contributed by atoms with van der Waals surface area (Å²) in [5.74, 6) is 0.313. The van der Waals surface area contributed by atoms with E-state index < -0.39 is 6.10 Å². The Hall–Kier alpha value is -3.05. The Bertz CT molecular complexity index is 1050. The Kier molecular flexibility index (Phi) is 4.22. The molecule has 0 aliphatic heterocycles. The molecule has 1 amide bonds. The lowest BCUT2D eigenvalue weighted by Crippen LogP contribution is -2.33. The van der Waals surface area contributed by atoms with Crippen molar-refractivity contribution < 1.29 is 14.3 Å². The molecule has 0 radical (unpaired) electrons. The summed E-state index contributed by atoms with van der Waals surface area (Å²) in [7, 11) is 0. The molecule has 0 aliphatic carbocycles. The van der Waals surface area contributed by atoms with E-state index >= 15 is 0 Å². The first-order chi connectivity index (χ1) is 12.6. The topological polar surface area (TPSA) is 78.3 Å². The third kappa shape index (κ3) is 3.09. The molecule has 0 saturated carbocycles. The van der Waals surface area contributed by atoms with Gasteiger partial charge >= 0.3 is 0 Å². The van der Waals surface area contributed by atoms with E-state index in [9.17, 15) is 9.90 Å². The van der Waals surface area contributed by atoms with Gasteiger partial charge < -0.3 is 19.8 Å². The highest BCUT2D eigenvalue weighted by Crippen LogP contribution is 2.26. The first kappa shape index (κ1) is 16.4. The van der Waals surface area contributed by atoms with E-state index in [-0.39, 0.29) is 11.9 Å². The zero-order valence-corrected chi connectivity index (χ0v) is 14.4. The van der Waals surface area contributed by atoms with E-state index in [1.165, 1.54) is 6.26 Å². The molecule has 2 atom stereocenters. The van der Waals surface area contributed by atoms with E-state index in [1.807, 2.05) is 37.3 Å². The predicted molar refractivity (Wildman–Crippen MR) is 101 cm³/mol. The Morgan fingerprint density at radius 3 is 2.81 bits per heavy atom. The largest absolute Gasteiger partial charge is 0.467 e. The Morgan fingerprint density at radius 2 is 2.00 bits per heavy atom. The smallest absolute Gasteiger partial charge is 0.267 e. The number of amides is 1. The molecular weight excluding hydrogens is 328 g/mol. The number of rotatable bonds is 5. The van der Waals surface area contributed by atoms with E-state index in [1.54, 1.807) is 12.1 Å². The van der Waals surface area contributed by atoms with Crippen molar-refractivity contribution in [2.45, 2.75) is 25.5 Å². The normalized spacial score (nSPS) is 13.8. The van der Waals surface area contributed by atoms with Crippen LogP contribution in [0.5, 0.6) is 0 Å². The highest BCUT2D eigenvalue weighted by atomic mass is 16.4. The number of fused-ring (bicyclic) bond motifs is 3. The average molecular weight is 348 g/mol. The summed E-state index contributed by atoms with van der Waals surface area (Å²) in [6, 6.07) is 17.3. The molecule has 3 N–H and O–H groups in total. The maximum Gasteiger partial charge on any atom is 0.267 e. The van der Waals surface area contributed by atoms with Gasteiger partial charge in [-0.25, -0.2) is 0 Å². The first-order valence-electron chi connectivity index (χ1n) is 8.64. The van der Waals surface area contributed by atoms with Crippen LogP contribution < -0.4 is 5.32 Å². The number of aliphatic hydroxyl groups is 1. The number of aromatic amines is 1. The van der Waals surface area contributed by atoms with E-state index in [0.717, 1.165) is 21.7 Å². The second kappa shape index (κ2) is 6.69. The SMILES string of the molecule is CC(CC(O)c1ccco1)NC(=O)c1cc2c(ccc3ccccc32)[nH]1. The summed E-state index contributed by atoms with van der Waals surface area (Å²) in [6.07, 6.45) is 1.16. The second-order valence-corrected chi connectivity index (χ2v) is 6.57. The molecule has 0 bridgehead atoms. The van der Waals surface area contributed by atoms with Crippen molar-refractivity contribution in [3.05, 3.63) is 72.3 Å². The Morgan fingerprint density at radius 1 is 1.15 bits per heavy atom. The van der Waals surface area contributed by atoms with Gasteiger partial charge in [-0.3, -0.25) is 4.79 Å². The minimum absolute atomic E-state index is 0.190. The van der Waals surface area contributed by atoms with E-state index in [0.29, 0.717) is 17.9 Å². The number of aliphatic hydroxyl groups excluding tert-OH is 1. The molecule has 0 spiro atoms. The number of hydrogen-bond acceptors (Lipinski definition) is 3. The number of carbonyl (C=O) groups excluding carboxylic acids is 1. The van der Waals surface area contributed by atoms with Gasteiger partial charge in [0.25, 0.3) is 5.91 Å². The number of hydrogen-bond donors (Lipinski definition) is 3. The molecule has 0 aliphatic rings. The van der Waals surface area contributed by atoms with Gasteiger partial charge in [0, 0.05) is 23.4 Å². The van der Waals surface area contributed by atoms with Crippen molar-refractivity contribution in [1.29, 1.82) is 0 Å². The fourth-order valence-corrected chi connectivity index (χ4v) is 3.30. The molecule has 5 nitrogen and oxygen atoms in total. The van der Waals surface area contributed by atoms with Gasteiger partial charge in [0.05, 0.1) is 6.26 Å². The van der Waals surface area contributed by atoms with Crippen molar-refractivity contribution in [2.75, 3.05) is 0 Å². The van der Waals surface area contributed by atoms with Crippen LogP contribution in [0.2, 0.25) is 0 Å². The van der Waals surface area contributed by atoms with Gasteiger partial charge in [-0.05, 0) is 42.0 Å². The molecule has 0 fully saturated rings. The van der Waals surface area contributed by atoms with E-state index in [4.69, 9.17) is 4.42 Å². The number of nitrogens with one attached hydrogen (secondary N) is 2. The van der Waals surface area contributed by atoms with Gasteiger partial charge in [-0.15, -0.1) is 0 Å². The number of benzene rings is 2. The third-order valence-electron chi connectivity index (χ3n) is 4.60. The second-order valence-electron chi connectivity index (χ2n) is 6.57. The van der Waals surface area contributed by atoms with Crippen LogP contribution in [0, 0.1) is 0 Å². The summed E-state index contributed by atoms with van der Waals surface area (Å²) in [4.78, 5) is 15.8. The van der Waals surface area contributed by atoms with Gasteiger partial charge in [0.2, 0.25) is 0 Å². The summed E-state index contributed by atoms with van der Waals surface area (Å²) in [5.41, 5.74) is 1.44. The van der Waals surface area contributed by atoms with E-state index in [2.05, 4.69) is 22.4 Å². The van der Waals surface area contributed by atoms with Gasteiger partial charge in [0.1, 0.15) is 17.6 Å².